The second-order valence-electron chi connectivity index (χ2n) is 7.31. The Morgan fingerprint density at radius 2 is 0.865 bits per heavy atom. The van der Waals surface area contributed by atoms with E-state index in [4.69, 9.17) is 30.3 Å². The van der Waals surface area contributed by atoms with E-state index in [-0.39, 0.29) is 35.0 Å². The number of phenols is 3. The fourth-order valence-electron chi connectivity index (χ4n) is 2.61. The molecule has 0 saturated carbocycles. The number of carboxylic acids is 2. The van der Waals surface area contributed by atoms with Gasteiger partial charge < -0.3 is 30.3 Å². The number of aromatic carboxylic acids is 2. The summed E-state index contributed by atoms with van der Waals surface area (Å²) in [6.45, 7) is 0.251. The molecule has 0 spiro atoms. The third-order valence-corrected chi connectivity index (χ3v) is 4.54. The molecular formula is C28H24O9. The molecule has 0 fully saturated rings. The minimum atomic E-state index is -0.986. The van der Waals surface area contributed by atoms with Crippen LogP contribution in [0.25, 0.3) is 0 Å². The van der Waals surface area contributed by atoms with Crippen molar-refractivity contribution in [2.24, 2.45) is 0 Å². The summed E-state index contributed by atoms with van der Waals surface area (Å²) in [7, 11) is 0. The Labute approximate surface area is 212 Å². The fraction of sp³-hybridized carbons (Fsp3) is 0.0357. The van der Waals surface area contributed by atoms with Crippen LogP contribution in [-0.2, 0) is 11.3 Å². The third-order valence-electron chi connectivity index (χ3n) is 4.54. The monoisotopic (exact) mass is 504 g/mol. The maximum absolute atomic E-state index is 11.6. The van der Waals surface area contributed by atoms with Crippen LogP contribution in [0, 0.1) is 0 Å². The van der Waals surface area contributed by atoms with Crippen LogP contribution in [0.4, 0.5) is 0 Å². The van der Waals surface area contributed by atoms with Gasteiger partial charge in [-0.3, -0.25) is 0 Å². The summed E-state index contributed by atoms with van der Waals surface area (Å²) in [6, 6.07) is 26.2. The average Bonchev–Trinajstić information content (AvgIpc) is 2.89. The number of benzene rings is 4. The molecule has 0 unspecified atom stereocenters. The number of carbonyl (C=O) groups excluding carboxylic acids is 1. The molecule has 0 saturated heterocycles. The Morgan fingerprint density at radius 1 is 0.514 bits per heavy atom. The maximum atomic E-state index is 11.6. The van der Waals surface area contributed by atoms with Gasteiger partial charge in [-0.1, -0.05) is 30.3 Å². The molecule has 4 rings (SSSR count). The van der Waals surface area contributed by atoms with Gasteiger partial charge >= 0.3 is 17.9 Å². The highest BCUT2D eigenvalue weighted by Gasteiger charge is 2.06. The van der Waals surface area contributed by atoms with Crippen LogP contribution >= 0.6 is 0 Å². The van der Waals surface area contributed by atoms with Gasteiger partial charge in [-0.25, -0.2) is 14.4 Å². The summed E-state index contributed by atoms with van der Waals surface area (Å²) in [5.74, 6) is -2.09. The van der Waals surface area contributed by atoms with Gasteiger partial charge in [-0.15, -0.1) is 0 Å². The highest BCUT2D eigenvalue weighted by atomic mass is 16.5. The molecule has 0 aliphatic carbocycles. The molecule has 0 heterocycles. The van der Waals surface area contributed by atoms with Gasteiger partial charge in [0.25, 0.3) is 0 Å². The van der Waals surface area contributed by atoms with Gasteiger partial charge in [-0.2, -0.15) is 0 Å². The number of ether oxygens (including phenoxy) is 1. The van der Waals surface area contributed by atoms with E-state index in [1.165, 1.54) is 72.8 Å². The largest absolute Gasteiger partial charge is 0.508 e. The van der Waals surface area contributed by atoms with E-state index in [2.05, 4.69) is 0 Å². The van der Waals surface area contributed by atoms with Crippen molar-refractivity contribution in [3.05, 3.63) is 125 Å². The maximum Gasteiger partial charge on any atom is 0.338 e. The Morgan fingerprint density at radius 3 is 1.22 bits per heavy atom. The van der Waals surface area contributed by atoms with Gasteiger partial charge in [0.05, 0.1) is 16.7 Å². The van der Waals surface area contributed by atoms with Gasteiger partial charge in [0.15, 0.2) is 0 Å². The van der Waals surface area contributed by atoms with Crippen LogP contribution in [0.2, 0.25) is 0 Å². The Bertz CT molecular complexity index is 1230. The topological polar surface area (TPSA) is 162 Å². The lowest BCUT2D eigenvalue weighted by atomic mass is 10.2. The molecule has 0 bridgehead atoms. The van der Waals surface area contributed by atoms with Crippen LogP contribution < -0.4 is 0 Å². The van der Waals surface area contributed by atoms with E-state index in [0.717, 1.165) is 5.56 Å². The second-order valence-corrected chi connectivity index (χ2v) is 7.31. The van der Waals surface area contributed by atoms with E-state index in [9.17, 15) is 14.4 Å². The van der Waals surface area contributed by atoms with Crippen LogP contribution in [0.5, 0.6) is 17.2 Å². The van der Waals surface area contributed by atoms with Crippen molar-refractivity contribution in [1.29, 1.82) is 0 Å². The quantitative estimate of drug-likeness (QED) is 0.237. The standard InChI is InChI=1S/C14H12O3.2C7H6O3/c15-13-8-6-12(7-9-13)14(16)17-10-11-4-2-1-3-5-11;2*8-6-3-1-5(2-4-6)7(9)10/h1-9,15H,10H2;2*1-4,8H,(H,9,10). The molecular weight excluding hydrogens is 480 g/mol. The molecule has 0 radical (unpaired) electrons. The van der Waals surface area contributed by atoms with Gasteiger partial charge in [0, 0.05) is 0 Å². The van der Waals surface area contributed by atoms with Crippen molar-refractivity contribution in [2.75, 3.05) is 0 Å². The number of aromatic hydroxyl groups is 3. The van der Waals surface area contributed by atoms with E-state index in [0.29, 0.717) is 5.56 Å². The average molecular weight is 504 g/mol. The number of phenolic OH excluding ortho intramolecular Hbond substituents is 3. The zero-order valence-corrected chi connectivity index (χ0v) is 19.4. The molecule has 0 aliphatic heterocycles. The molecule has 37 heavy (non-hydrogen) atoms. The van der Waals surface area contributed by atoms with Crippen molar-refractivity contribution < 1.29 is 44.7 Å². The summed E-state index contributed by atoms with van der Waals surface area (Å²) in [4.78, 5) is 32.1. The van der Waals surface area contributed by atoms with Gasteiger partial charge in [-0.05, 0) is 78.4 Å². The first-order valence-electron chi connectivity index (χ1n) is 10.7. The summed E-state index contributed by atoms with van der Waals surface area (Å²) in [6.07, 6.45) is 0. The Balaban J connectivity index is 0.000000208. The Kier molecular flexibility index (Phi) is 10.7. The SMILES string of the molecule is O=C(O)c1ccc(O)cc1.O=C(O)c1ccc(O)cc1.O=C(OCc1ccccc1)c1ccc(O)cc1. The zero-order chi connectivity index (χ0) is 27.2. The number of carbonyl (C=O) groups is 3. The number of hydrogen-bond acceptors (Lipinski definition) is 7. The molecule has 0 amide bonds. The van der Waals surface area contributed by atoms with Crippen molar-refractivity contribution in [3.63, 3.8) is 0 Å². The highest BCUT2D eigenvalue weighted by molar-refractivity contribution is 5.89. The molecule has 190 valence electrons. The van der Waals surface area contributed by atoms with Crippen molar-refractivity contribution in [1.82, 2.24) is 0 Å². The summed E-state index contributed by atoms with van der Waals surface area (Å²) in [5.41, 5.74) is 1.73. The second kappa shape index (κ2) is 14.2. The molecule has 0 aromatic heterocycles. The molecule has 5 N–H and O–H groups in total. The lowest BCUT2D eigenvalue weighted by Crippen LogP contribution is -2.04. The summed E-state index contributed by atoms with van der Waals surface area (Å²) >= 11 is 0. The number of hydrogen-bond donors (Lipinski definition) is 5. The van der Waals surface area contributed by atoms with Gasteiger partial charge in [0.1, 0.15) is 23.9 Å². The zero-order valence-electron chi connectivity index (χ0n) is 19.4. The number of esters is 1. The van der Waals surface area contributed by atoms with Crippen LogP contribution in [0.1, 0.15) is 36.6 Å². The summed E-state index contributed by atoms with van der Waals surface area (Å²) < 4.78 is 5.13. The molecule has 9 heteroatoms. The predicted molar refractivity (Wildman–Crippen MR) is 134 cm³/mol. The molecule has 4 aromatic carbocycles. The van der Waals surface area contributed by atoms with Crippen LogP contribution in [0.15, 0.2) is 103 Å². The van der Waals surface area contributed by atoms with Crippen LogP contribution in [-0.4, -0.2) is 43.4 Å². The van der Waals surface area contributed by atoms with Gasteiger partial charge in [0.2, 0.25) is 0 Å². The minimum Gasteiger partial charge on any atom is -0.508 e. The normalized spacial score (nSPS) is 9.51. The van der Waals surface area contributed by atoms with E-state index >= 15 is 0 Å². The molecule has 0 aliphatic rings. The lowest BCUT2D eigenvalue weighted by molar-refractivity contribution is 0.0472. The van der Waals surface area contributed by atoms with E-state index in [1.54, 1.807) is 0 Å². The fourth-order valence-corrected chi connectivity index (χ4v) is 2.61. The first kappa shape index (κ1) is 27.9. The molecule has 4 aromatic rings. The van der Waals surface area contributed by atoms with E-state index < -0.39 is 17.9 Å². The lowest BCUT2D eigenvalue weighted by Gasteiger charge is -2.04. The molecule has 9 nitrogen and oxygen atoms in total. The van der Waals surface area contributed by atoms with Crippen molar-refractivity contribution in [3.8, 4) is 17.2 Å². The van der Waals surface area contributed by atoms with E-state index in [1.807, 2.05) is 30.3 Å². The minimum absolute atomic E-state index is 0.0741. The first-order valence-corrected chi connectivity index (χ1v) is 10.7. The smallest absolute Gasteiger partial charge is 0.338 e. The predicted octanol–water partition coefficient (Wildman–Crippen LogP) is 4.93. The molecule has 0 atom stereocenters. The van der Waals surface area contributed by atoms with Crippen molar-refractivity contribution in [2.45, 2.75) is 6.61 Å². The number of rotatable bonds is 5. The Hall–Kier alpha value is -5.31. The summed E-state index contributed by atoms with van der Waals surface area (Å²) in [5, 5.41) is 43.4. The van der Waals surface area contributed by atoms with Crippen LogP contribution in [0.3, 0.4) is 0 Å². The first-order chi connectivity index (χ1) is 17.7. The third kappa shape index (κ3) is 10.2. The highest BCUT2D eigenvalue weighted by Crippen LogP contribution is 2.12. The number of carboxylic acid groups (broad SMARTS) is 2. The van der Waals surface area contributed by atoms with Crippen molar-refractivity contribution >= 4 is 17.9 Å².